The summed E-state index contributed by atoms with van der Waals surface area (Å²) >= 11 is 0. The number of nitriles is 1. The average molecular weight is 252 g/mol. The fourth-order valence-electron chi connectivity index (χ4n) is 1.52. The number of nitrogens with zero attached hydrogens (tertiary/aromatic N) is 5. The van der Waals surface area contributed by atoms with Gasteiger partial charge in [-0.05, 0) is 24.6 Å². The topological polar surface area (TPSA) is 104 Å². The van der Waals surface area contributed by atoms with Crippen molar-refractivity contribution < 1.29 is 4.52 Å². The molecule has 3 heterocycles. The van der Waals surface area contributed by atoms with Crippen molar-refractivity contribution in [1.82, 2.24) is 25.1 Å². The molecule has 92 valence electrons. The molecule has 0 bridgehead atoms. The van der Waals surface area contributed by atoms with Gasteiger partial charge in [0.15, 0.2) is 0 Å². The summed E-state index contributed by atoms with van der Waals surface area (Å²) in [5, 5.41) is 12.6. The van der Waals surface area contributed by atoms with Gasteiger partial charge in [-0.15, -0.1) is 0 Å². The third-order valence-electron chi connectivity index (χ3n) is 2.44. The van der Waals surface area contributed by atoms with E-state index >= 15 is 0 Å². The molecule has 0 spiro atoms. The van der Waals surface area contributed by atoms with Crippen LogP contribution in [-0.2, 0) is 0 Å². The summed E-state index contributed by atoms with van der Waals surface area (Å²) in [6.07, 6.45) is 3.36. The van der Waals surface area contributed by atoms with Crippen LogP contribution >= 0.6 is 0 Å². The van der Waals surface area contributed by atoms with Gasteiger partial charge in [0.25, 0.3) is 5.89 Å². The van der Waals surface area contributed by atoms with Crippen molar-refractivity contribution in [2.24, 2.45) is 0 Å². The van der Waals surface area contributed by atoms with Crippen LogP contribution in [0.2, 0.25) is 0 Å². The van der Waals surface area contributed by atoms with E-state index in [0.717, 1.165) is 5.56 Å². The van der Waals surface area contributed by atoms with Crippen molar-refractivity contribution in [3.63, 3.8) is 0 Å². The lowest BCUT2D eigenvalue weighted by Gasteiger charge is -1.92. The van der Waals surface area contributed by atoms with Crippen molar-refractivity contribution in [3.05, 3.63) is 35.8 Å². The lowest BCUT2D eigenvalue weighted by molar-refractivity contribution is 0.430. The molecule has 0 amide bonds. The van der Waals surface area contributed by atoms with Crippen LogP contribution in [0.1, 0.15) is 11.3 Å². The van der Waals surface area contributed by atoms with Crippen LogP contribution in [0.25, 0.3) is 23.2 Å². The lowest BCUT2D eigenvalue weighted by atomic mass is 10.4. The van der Waals surface area contributed by atoms with Crippen LogP contribution in [0.5, 0.6) is 0 Å². The summed E-state index contributed by atoms with van der Waals surface area (Å²) in [5.41, 5.74) is 1.97. The smallest absolute Gasteiger partial charge is 0.274 e. The Balaban J connectivity index is 1.95. The number of nitrogens with one attached hydrogen (secondary N) is 1. The number of rotatable bonds is 2. The number of hydrogen-bond donors (Lipinski definition) is 1. The van der Waals surface area contributed by atoms with Crippen LogP contribution in [0.4, 0.5) is 0 Å². The van der Waals surface area contributed by atoms with Gasteiger partial charge >= 0.3 is 0 Å². The van der Waals surface area contributed by atoms with Gasteiger partial charge in [0.2, 0.25) is 11.6 Å². The summed E-state index contributed by atoms with van der Waals surface area (Å²) in [6.45, 7) is 1.90. The van der Waals surface area contributed by atoms with Crippen LogP contribution in [0.15, 0.2) is 29.0 Å². The van der Waals surface area contributed by atoms with Crippen molar-refractivity contribution in [3.8, 4) is 29.3 Å². The predicted octanol–water partition coefficient (Wildman–Crippen LogP) is 1.70. The van der Waals surface area contributed by atoms with Crippen molar-refractivity contribution in [1.29, 1.82) is 5.26 Å². The van der Waals surface area contributed by atoms with Crippen molar-refractivity contribution >= 4 is 0 Å². The maximum Gasteiger partial charge on any atom is 0.274 e. The van der Waals surface area contributed by atoms with E-state index < -0.39 is 0 Å². The minimum absolute atomic E-state index is 0.292. The first-order valence-corrected chi connectivity index (χ1v) is 5.48. The Morgan fingerprint density at radius 3 is 2.68 bits per heavy atom. The molecule has 19 heavy (non-hydrogen) atoms. The van der Waals surface area contributed by atoms with E-state index in [2.05, 4.69) is 25.1 Å². The summed E-state index contributed by atoms with van der Waals surface area (Å²) in [4.78, 5) is 15.3. The van der Waals surface area contributed by atoms with Gasteiger partial charge in [-0.3, -0.25) is 0 Å². The second-order valence-electron chi connectivity index (χ2n) is 3.90. The molecule has 0 saturated carbocycles. The molecule has 0 atom stereocenters. The Labute approximate surface area is 108 Å². The number of hydrogen-bond acceptors (Lipinski definition) is 6. The molecule has 0 aliphatic carbocycles. The van der Waals surface area contributed by atoms with Gasteiger partial charge in [-0.1, -0.05) is 5.16 Å². The minimum atomic E-state index is 0.292. The summed E-state index contributed by atoms with van der Waals surface area (Å²) in [5.74, 6) is 0.997. The molecule has 0 aromatic carbocycles. The maximum atomic E-state index is 8.74. The second-order valence-corrected chi connectivity index (χ2v) is 3.90. The van der Waals surface area contributed by atoms with E-state index in [9.17, 15) is 0 Å². The number of aromatic nitrogens is 5. The predicted molar refractivity (Wildman–Crippen MR) is 64.6 cm³/mol. The molecule has 0 unspecified atom stereocenters. The van der Waals surface area contributed by atoms with Gasteiger partial charge < -0.3 is 9.51 Å². The second kappa shape index (κ2) is 4.34. The maximum absolute atomic E-state index is 8.74. The van der Waals surface area contributed by atoms with Crippen LogP contribution in [-0.4, -0.2) is 25.1 Å². The summed E-state index contributed by atoms with van der Waals surface area (Å²) in [7, 11) is 0. The number of H-pyrrole nitrogens is 1. The zero-order valence-corrected chi connectivity index (χ0v) is 9.95. The fraction of sp³-hybridized carbons (Fsp3) is 0.0833. The van der Waals surface area contributed by atoms with E-state index in [0.29, 0.717) is 28.9 Å². The SMILES string of the molecule is Cc1cnc(-c2noc(-c3ccc(C#N)[nH]3)n2)nc1. The quantitative estimate of drug-likeness (QED) is 0.744. The van der Waals surface area contributed by atoms with Crippen LogP contribution in [0.3, 0.4) is 0 Å². The monoisotopic (exact) mass is 252 g/mol. The summed E-state index contributed by atoms with van der Waals surface area (Å²) in [6, 6.07) is 5.33. The molecular formula is C12H8N6O. The lowest BCUT2D eigenvalue weighted by Crippen LogP contribution is -1.90. The van der Waals surface area contributed by atoms with Crippen molar-refractivity contribution in [2.45, 2.75) is 6.92 Å². The third-order valence-corrected chi connectivity index (χ3v) is 2.44. The molecule has 0 aliphatic heterocycles. The van der Waals surface area contributed by atoms with E-state index in [1.165, 1.54) is 0 Å². The van der Waals surface area contributed by atoms with Gasteiger partial charge in [0.1, 0.15) is 17.5 Å². The average Bonchev–Trinajstić information content (AvgIpc) is 3.08. The minimum Gasteiger partial charge on any atom is -0.342 e. The molecule has 0 saturated heterocycles. The standard InChI is InChI=1S/C12H8N6O/c1-7-5-14-10(15-6-7)11-17-12(19-18-11)9-3-2-8(4-13)16-9/h2-3,5-6,16H,1H3. The Bertz CT molecular complexity index is 749. The number of aryl methyl sites for hydroxylation is 1. The highest BCUT2D eigenvalue weighted by Crippen LogP contribution is 2.19. The molecule has 1 N–H and O–H groups in total. The highest BCUT2D eigenvalue weighted by molar-refractivity contribution is 5.53. The van der Waals surface area contributed by atoms with Crippen molar-refractivity contribution in [2.75, 3.05) is 0 Å². The summed E-state index contributed by atoms with van der Waals surface area (Å²) < 4.78 is 5.11. The number of aromatic amines is 1. The van der Waals surface area contributed by atoms with E-state index in [-0.39, 0.29) is 0 Å². The van der Waals surface area contributed by atoms with E-state index in [1.54, 1.807) is 24.5 Å². The van der Waals surface area contributed by atoms with Crippen LogP contribution in [0, 0.1) is 18.3 Å². The van der Waals surface area contributed by atoms with Gasteiger partial charge in [0.05, 0.1) is 0 Å². The first kappa shape index (κ1) is 11.1. The Morgan fingerprint density at radius 1 is 1.21 bits per heavy atom. The zero-order valence-electron chi connectivity index (χ0n) is 9.95. The third kappa shape index (κ3) is 2.07. The molecule has 3 aromatic rings. The van der Waals surface area contributed by atoms with Crippen LogP contribution < -0.4 is 0 Å². The Kier molecular flexibility index (Phi) is 2.54. The largest absolute Gasteiger partial charge is 0.342 e. The molecule has 3 rings (SSSR count). The highest BCUT2D eigenvalue weighted by atomic mass is 16.5. The molecule has 0 radical (unpaired) electrons. The molecule has 3 aromatic heterocycles. The molecule has 0 fully saturated rings. The van der Waals surface area contributed by atoms with Gasteiger partial charge in [-0.25, -0.2) is 9.97 Å². The van der Waals surface area contributed by atoms with Gasteiger partial charge in [0, 0.05) is 12.4 Å². The van der Waals surface area contributed by atoms with E-state index in [4.69, 9.17) is 9.78 Å². The normalized spacial score (nSPS) is 10.3. The van der Waals surface area contributed by atoms with E-state index in [1.807, 2.05) is 13.0 Å². The Morgan fingerprint density at radius 2 is 2.00 bits per heavy atom. The first-order valence-electron chi connectivity index (χ1n) is 5.48. The molecule has 0 aliphatic rings. The fourth-order valence-corrected chi connectivity index (χ4v) is 1.52. The molecule has 7 nitrogen and oxygen atoms in total. The Hall–Kier alpha value is -3.01. The molecular weight excluding hydrogens is 244 g/mol. The first-order chi connectivity index (χ1) is 9.26. The highest BCUT2D eigenvalue weighted by Gasteiger charge is 2.13. The zero-order chi connectivity index (χ0) is 13.2. The van der Waals surface area contributed by atoms with Gasteiger partial charge in [-0.2, -0.15) is 10.2 Å². The molecule has 7 heteroatoms.